The molecule has 38 heavy (non-hydrogen) atoms. The second kappa shape index (κ2) is 10.2. The smallest absolute Gasteiger partial charge is 0.255 e. The maximum atomic E-state index is 14.3. The number of hydrogen-bond donors (Lipinski definition) is 4. The molecule has 0 aliphatic heterocycles. The van der Waals surface area contributed by atoms with Gasteiger partial charge in [0.05, 0.1) is 59.2 Å². The van der Waals surface area contributed by atoms with Gasteiger partial charge in [0.2, 0.25) is 0 Å². The molecular weight excluding hydrogens is 493 g/mol. The third-order valence-electron chi connectivity index (χ3n) is 5.56. The second-order valence-corrected chi connectivity index (χ2v) is 10.1. The molecule has 0 saturated heterocycles. The molecule has 1 amide bonds. The quantitative estimate of drug-likeness (QED) is 0.258. The predicted molar refractivity (Wildman–Crippen MR) is 137 cm³/mol. The van der Waals surface area contributed by atoms with Gasteiger partial charge in [0, 0.05) is 30.0 Å². The number of halogens is 1. The molecule has 4 aromatic heterocycles. The monoisotopic (exact) mass is 521 g/mol. The molecule has 4 heterocycles. The highest BCUT2D eigenvalue weighted by molar-refractivity contribution is 6.00. The van der Waals surface area contributed by atoms with E-state index in [0.29, 0.717) is 33.8 Å². The number of carbonyl (C=O) groups excluding carboxylic acids is 1. The fourth-order valence-corrected chi connectivity index (χ4v) is 3.59. The van der Waals surface area contributed by atoms with Crippen LogP contribution < -0.4 is 10.6 Å². The minimum atomic E-state index is -1.69. The third kappa shape index (κ3) is 6.10. The number of aliphatic hydroxyl groups is 2. The van der Waals surface area contributed by atoms with Crippen molar-refractivity contribution in [2.45, 2.75) is 51.6 Å². The molecule has 13 heteroatoms. The van der Waals surface area contributed by atoms with Crippen LogP contribution >= 0.6 is 0 Å². The van der Waals surface area contributed by atoms with Crippen molar-refractivity contribution in [2.75, 3.05) is 11.9 Å². The Morgan fingerprint density at radius 2 is 1.89 bits per heavy atom. The van der Waals surface area contributed by atoms with Crippen molar-refractivity contribution in [1.29, 1.82) is 5.26 Å². The molecule has 4 aromatic rings. The van der Waals surface area contributed by atoms with Crippen LogP contribution in [0.2, 0.25) is 0 Å². The largest absolute Gasteiger partial charge is 0.389 e. The molecule has 0 saturated carbocycles. The molecule has 1 atom stereocenters. The number of pyridine rings is 2. The van der Waals surface area contributed by atoms with E-state index in [9.17, 15) is 19.4 Å². The number of aromatic nitrogens is 6. The first-order chi connectivity index (χ1) is 17.8. The van der Waals surface area contributed by atoms with Gasteiger partial charge in [-0.15, -0.1) is 0 Å². The Bertz CT molecular complexity index is 1510. The number of nitriles is 1. The second-order valence-electron chi connectivity index (χ2n) is 10.1. The highest BCUT2D eigenvalue weighted by Crippen LogP contribution is 2.25. The van der Waals surface area contributed by atoms with Crippen LogP contribution in [0, 0.1) is 11.3 Å². The van der Waals surface area contributed by atoms with Crippen molar-refractivity contribution in [3.63, 3.8) is 0 Å². The van der Waals surface area contributed by atoms with Crippen molar-refractivity contribution >= 4 is 28.3 Å². The van der Waals surface area contributed by atoms with Crippen molar-refractivity contribution < 1.29 is 19.4 Å². The zero-order chi connectivity index (χ0) is 27.7. The number of amides is 1. The summed E-state index contributed by atoms with van der Waals surface area (Å²) in [7, 11) is 0. The maximum absolute atomic E-state index is 14.3. The average Bonchev–Trinajstić information content (AvgIpc) is 3.46. The fraction of sp³-hybridized carbons (Fsp3) is 0.360. The molecule has 0 aliphatic rings. The lowest BCUT2D eigenvalue weighted by Gasteiger charge is -2.22. The van der Waals surface area contributed by atoms with Crippen LogP contribution in [0.5, 0.6) is 0 Å². The minimum Gasteiger partial charge on any atom is -0.389 e. The van der Waals surface area contributed by atoms with Gasteiger partial charge in [-0.3, -0.25) is 9.48 Å². The maximum Gasteiger partial charge on any atom is 0.255 e. The number of rotatable bonds is 9. The van der Waals surface area contributed by atoms with Gasteiger partial charge in [-0.1, -0.05) is 0 Å². The number of nitrogens with zero attached hydrogens (tertiary/aromatic N) is 7. The summed E-state index contributed by atoms with van der Waals surface area (Å²) in [5.41, 5.74) is -0.786. The lowest BCUT2D eigenvalue weighted by Crippen LogP contribution is -2.42. The van der Waals surface area contributed by atoms with E-state index in [0.717, 1.165) is 0 Å². The Balaban J connectivity index is 1.69. The first-order valence-electron chi connectivity index (χ1n) is 11.7. The highest BCUT2D eigenvalue weighted by Gasteiger charge is 2.27. The molecule has 0 spiro atoms. The topological polar surface area (TPSA) is 167 Å². The van der Waals surface area contributed by atoms with Gasteiger partial charge in [0.1, 0.15) is 12.2 Å². The lowest BCUT2D eigenvalue weighted by molar-refractivity contribution is -0.00178. The number of anilines is 2. The summed E-state index contributed by atoms with van der Waals surface area (Å²) >= 11 is 0. The van der Waals surface area contributed by atoms with Gasteiger partial charge in [0.15, 0.2) is 11.5 Å². The molecule has 4 rings (SSSR count). The van der Waals surface area contributed by atoms with E-state index < -0.39 is 29.8 Å². The van der Waals surface area contributed by atoms with E-state index in [2.05, 4.69) is 30.8 Å². The SMILES string of the molecule is CC(C)(O)Cn1cc(Nc2cc(-n3ncc4cc(C#N)cnc43)ncc2C(=O)NC[C@@H](F)C(C)(C)O)cn1. The van der Waals surface area contributed by atoms with Crippen molar-refractivity contribution in [1.82, 2.24) is 34.8 Å². The molecule has 4 N–H and O–H groups in total. The predicted octanol–water partition coefficient (Wildman–Crippen LogP) is 2.24. The summed E-state index contributed by atoms with van der Waals surface area (Å²) in [6.07, 6.45) is 5.82. The van der Waals surface area contributed by atoms with Gasteiger partial charge >= 0.3 is 0 Å². The highest BCUT2D eigenvalue weighted by atomic mass is 19.1. The van der Waals surface area contributed by atoms with E-state index in [1.54, 1.807) is 43.1 Å². The van der Waals surface area contributed by atoms with Gasteiger partial charge in [-0.05, 0) is 33.8 Å². The number of hydrogen-bond acceptors (Lipinski definition) is 9. The van der Waals surface area contributed by atoms with Crippen LogP contribution in [0.25, 0.3) is 16.9 Å². The van der Waals surface area contributed by atoms with Gasteiger partial charge < -0.3 is 20.8 Å². The minimum absolute atomic E-state index is 0.114. The molecule has 12 nitrogen and oxygen atoms in total. The van der Waals surface area contributed by atoms with Gasteiger partial charge in [0.25, 0.3) is 5.91 Å². The van der Waals surface area contributed by atoms with Crippen LogP contribution in [0.15, 0.2) is 43.1 Å². The molecule has 0 unspecified atom stereocenters. The Labute approximate surface area is 217 Å². The standard InChI is InChI=1S/C25H28FN9O3/c1-24(2,37)14-34-13-17(10-31-34)33-19-6-21(35-22-16(9-32-35)5-15(7-27)8-29-22)28-11-18(19)23(36)30-12-20(26)25(3,4)38/h5-6,8-11,13,20,37-38H,12,14H2,1-4H3,(H,28,33)(H,30,36)/t20-/m1/s1. The van der Waals surface area contributed by atoms with Gasteiger partial charge in [-0.2, -0.15) is 20.1 Å². The summed E-state index contributed by atoms with van der Waals surface area (Å²) < 4.78 is 17.3. The van der Waals surface area contributed by atoms with Crippen LogP contribution in [0.4, 0.5) is 15.8 Å². The summed E-state index contributed by atoms with van der Waals surface area (Å²) in [5, 5.41) is 43.9. The van der Waals surface area contributed by atoms with Crippen LogP contribution in [-0.2, 0) is 6.54 Å². The van der Waals surface area contributed by atoms with E-state index in [4.69, 9.17) is 5.26 Å². The molecule has 198 valence electrons. The molecule has 0 bridgehead atoms. The van der Waals surface area contributed by atoms with Crippen molar-refractivity contribution in [3.05, 3.63) is 54.2 Å². The Hall–Kier alpha value is -4.41. The van der Waals surface area contributed by atoms with Crippen molar-refractivity contribution in [2.24, 2.45) is 0 Å². The van der Waals surface area contributed by atoms with Gasteiger partial charge in [-0.25, -0.2) is 14.4 Å². The Kier molecular flexibility index (Phi) is 7.12. The molecule has 0 aliphatic carbocycles. The molecule has 0 radical (unpaired) electrons. The van der Waals surface area contributed by atoms with E-state index >= 15 is 0 Å². The normalized spacial score (nSPS) is 12.8. The average molecular weight is 522 g/mol. The summed E-state index contributed by atoms with van der Waals surface area (Å²) in [5.74, 6) is -0.274. The first-order valence-corrected chi connectivity index (χ1v) is 11.7. The summed E-state index contributed by atoms with van der Waals surface area (Å²) in [4.78, 5) is 21.7. The summed E-state index contributed by atoms with van der Waals surface area (Å²) in [6, 6.07) is 5.27. The van der Waals surface area contributed by atoms with Crippen LogP contribution in [0.1, 0.15) is 43.6 Å². The Morgan fingerprint density at radius 3 is 2.58 bits per heavy atom. The number of carbonyl (C=O) groups is 1. The van der Waals surface area contributed by atoms with E-state index in [1.165, 1.54) is 37.1 Å². The number of nitrogens with one attached hydrogen (secondary N) is 2. The van der Waals surface area contributed by atoms with Crippen molar-refractivity contribution in [3.8, 4) is 11.9 Å². The summed E-state index contributed by atoms with van der Waals surface area (Å²) in [6.45, 7) is 5.80. The van der Waals surface area contributed by atoms with E-state index in [1.807, 2.05) is 6.07 Å². The zero-order valence-electron chi connectivity index (χ0n) is 21.3. The number of fused-ring (bicyclic) bond motifs is 1. The van der Waals surface area contributed by atoms with E-state index in [-0.39, 0.29) is 12.1 Å². The zero-order valence-corrected chi connectivity index (χ0v) is 21.3. The lowest BCUT2D eigenvalue weighted by atomic mass is 10.0. The first kappa shape index (κ1) is 26.6. The molecular formula is C25H28FN9O3. The van der Waals surface area contributed by atoms with Crippen LogP contribution in [-0.4, -0.2) is 69.6 Å². The fourth-order valence-electron chi connectivity index (χ4n) is 3.59. The number of alkyl halides is 1. The molecule has 0 fully saturated rings. The Morgan fingerprint density at radius 1 is 1.13 bits per heavy atom. The third-order valence-corrected chi connectivity index (χ3v) is 5.56. The van der Waals surface area contributed by atoms with Crippen LogP contribution in [0.3, 0.4) is 0 Å². The molecule has 0 aromatic carbocycles.